The normalized spacial score (nSPS) is 15.6. The highest BCUT2D eigenvalue weighted by molar-refractivity contribution is 7.19. The highest BCUT2D eigenvalue weighted by Gasteiger charge is 2.27. The van der Waals surface area contributed by atoms with E-state index in [1.54, 1.807) is 22.7 Å². The number of hydrogen-bond donors (Lipinski definition) is 0. The summed E-state index contributed by atoms with van der Waals surface area (Å²) in [7, 11) is 0. The van der Waals surface area contributed by atoms with Crippen molar-refractivity contribution in [1.29, 1.82) is 0 Å². The molecular weight excluding hydrogens is 274 g/mol. The SMILES string of the molecule is C(=C\c1scnc1C1CC1)/c1nc2cnccc2s1. The summed E-state index contributed by atoms with van der Waals surface area (Å²) in [5, 5.41) is 1.03. The zero-order valence-corrected chi connectivity index (χ0v) is 11.7. The Bertz CT molecular complexity index is 720. The lowest BCUT2D eigenvalue weighted by molar-refractivity contribution is 1.05. The Balaban J connectivity index is 1.66. The van der Waals surface area contributed by atoms with Gasteiger partial charge in [0, 0.05) is 12.1 Å². The van der Waals surface area contributed by atoms with Gasteiger partial charge in [-0.1, -0.05) is 0 Å². The topological polar surface area (TPSA) is 38.7 Å². The molecule has 1 fully saturated rings. The first-order valence-corrected chi connectivity index (χ1v) is 7.92. The van der Waals surface area contributed by atoms with E-state index in [2.05, 4.69) is 27.1 Å². The smallest absolute Gasteiger partial charge is 0.117 e. The number of hydrogen-bond acceptors (Lipinski definition) is 5. The fraction of sp³-hybridized carbons (Fsp3) is 0.214. The quantitative estimate of drug-likeness (QED) is 0.724. The Morgan fingerprint density at radius 1 is 1.26 bits per heavy atom. The third kappa shape index (κ3) is 2.19. The average molecular weight is 285 g/mol. The molecule has 0 saturated heterocycles. The molecule has 1 saturated carbocycles. The molecule has 0 bridgehead atoms. The van der Waals surface area contributed by atoms with Crippen molar-refractivity contribution in [2.75, 3.05) is 0 Å². The zero-order chi connectivity index (χ0) is 12.7. The van der Waals surface area contributed by atoms with Crippen LogP contribution in [-0.2, 0) is 0 Å². The molecule has 3 heterocycles. The lowest BCUT2D eigenvalue weighted by Crippen LogP contribution is -1.80. The molecule has 0 radical (unpaired) electrons. The fourth-order valence-electron chi connectivity index (χ4n) is 2.07. The number of aromatic nitrogens is 3. The second-order valence-electron chi connectivity index (χ2n) is 4.60. The number of pyridine rings is 1. The van der Waals surface area contributed by atoms with Crippen LogP contribution in [0.5, 0.6) is 0 Å². The molecule has 3 nitrogen and oxygen atoms in total. The highest BCUT2D eigenvalue weighted by atomic mass is 32.1. The average Bonchev–Trinajstić information content (AvgIpc) is 3.03. The Morgan fingerprint density at radius 3 is 3.05 bits per heavy atom. The maximum Gasteiger partial charge on any atom is 0.117 e. The van der Waals surface area contributed by atoms with Crippen LogP contribution in [0.4, 0.5) is 0 Å². The third-order valence-electron chi connectivity index (χ3n) is 3.17. The summed E-state index contributed by atoms with van der Waals surface area (Å²) in [5.74, 6) is 0.700. The minimum atomic E-state index is 0.700. The van der Waals surface area contributed by atoms with Gasteiger partial charge in [-0.25, -0.2) is 9.97 Å². The van der Waals surface area contributed by atoms with Crippen LogP contribution in [0.15, 0.2) is 24.0 Å². The van der Waals surface area contributed by atoms with Crippen LogP contribution < -0.4 is 0 Å². The summed E-state index contributed by atoms with van der Waals surface area (Å²) in [4.78, 5) is 14.4. The van der Waals surface area contributed by atoms with Crippen LogP contribution in [0, 0.1) is 0 Å². The number of fused-ring (bicyclic) bond motifs is 1. The molecule has 3 aromatic heterocycles. The van der Waals surface area contributed by atoms with E-state index in [1.807, 2.05) is 24.0 Å². The van der Waals surface area contributed by atoms with Gasteiger partial charge in [-0.05, 0) is 31.1 Å². The second kappa shape index (κ2) is 4.51. The van der Waals surface area contributed by atoms with Gasteiger partial charge in [-0.15, -0.1) is 22.7 Å². The van der Waals surface area contributed by atoms with Crippen molar-refractivity contribution >= 4 is 45.0 Å². The van der Waals surface area contributed by atoms with Crippen molar-refractivity contribution in [1.82, 2.24) is 15.0 Å². The molecule has 19 heavy (non-hydrogen) atoms. The predicted molar refractivity (Wildman–Crippen MR) is 80.4 cm³/mol. The van der Waals surface area contributed by atoms with E-state index in [0.717, 1.165) is 10.5 Å². The number of nitrogens with zero attached hydrogens (tertiary/aromatic N) is 3. The van der Waals surface area contributed by atoms with Crippen LogP contribution in [0.3, 0.4) is 0 Å². The molecule has 0 atom stereocenters. The lowest BCUT2D eigenvalue weighted by Gasteiger charge is -1.92. The molecule has 0 amide bonds. The summed E-state index contributed by atoms with van der Waals surface area (Å²) in [6.07, 6.45) is 10.4. The number of rotatable bonds is 3. The van der Waals surface area contributed by atoms with Gasteiger partial charge in [0.25, 0.3) is 0 Å². The van der Waals surface area contributed by atoms with Crippen LogP contribution in [-0.4, -0.2) is 15.0 Å². The van der Waals surface area contributed by atoms with Crippen molar-refractivity contribution in [3.8, 4) is 0 Å². The molecule has 5 heteroatoms. The van der Waals surface area contributed by atoms with E-state index >= 15 is 0 Å². The molecule has 0 N–H and O–H groups in total. The second-order valence-corrected chi connectivity index (χ2v) is 6.55. The molecule has 0 aliphatic heterocycles. The van der Waals surface area contributed by atoms with E-state index < -0.39 is 0 Å². The van der Waals surface area contributed by atoms with Crippen LogP contribution in [0.2, 0.25) is 0 Å². The van der Waals surface area contributed by atoms with Gasteiger partial charge >= 0.3 is 0 Å². The van der Waals surface area contributed by atoms with Crippen LogP contribution in [0.1, 0.15) is 34.3 Å². The Kier molecular flexibility index (Phi) is 2.67. The zero-order valence-electron chi connectivity index (χ0n) is 10.1. The van der Waals surface area contributed by atoms with Crippen LogP contribution in [0.25, 0.3) is 22.4 Å². The van der Waals surface area contributed by atoms with E-state index in [4.69, 9.17) is 0 Å². The predicted octanol–water partition coefficient (Wildman–Crippen LogP) is 4.20. The van der Waals surface area contributed by atoms with Crippen molar-refractivity contribution in [3.63, 3.8) is 0 Å². The van der Waals surface area contributed by atoms with E-state index in [0.29, 0.717) is 5.92 Å². The van der Waals surface area contributed by atoms with Gasteiger partial charge in [0.15, 0.2) is 0 Å². The van der Waals surface area contributed by atoms with Gasteiger partial charge in [-0.2, -0.15) is 0 Å². The van der Waals surface area contributed by atoms with Gasteiger partial charge in [0.2, 0.25) is 0 Å². The lowest BCUT2D eigenvalue weighted by atomic mass is 10.2. The van der Waals surface area contributed by atoms with Crippen molar-refractivity contribution in [2.45, 2.75) is 18.8 Å². The molecule has 1 aliphatic carbocycles. The van der Waals surface area contributed by atoms with Gasteiger partial charge in [-0.3, -0.25) is 4.98 Å². The first-order chi connectivity index (χ1) is 9.40. The Morgan fingerprint density at radius 2 is 2.21 bits per heavy atom. The third-order valence-corrected chi connectivity index (χ3v) is 4.98. The molecule has 0 unspecified atom stereocenters. The molecule has 3 aromatic rings. The minimum absolute atomic E-state index is 0.700. The van der Waals surface area contributed by atoms with Crippen molar-refractivity contribution < 1.29 is 0 Å². The molecule has 0 aromatic carbocycles. The highest BCUT2D eigenvalue weighted by Crippen LogP contribution is 2.42. The summed E-state index contributed by atoms with van der Waals surface area (Å²) >= 11 is 3.41. The fourth-order valence-corrected chi connectivity index (χ4v) is 3.67. The van der Waals surface area contributed by atoms with Gasteiger partial charge < -0.3 is 0 Å². The summed E-state index contributed by atoms with van der Waals surface area (Å²) in [6.45, 7) is 0. The molecule has 0 spiro atoms. The van der Waals surface area contributed by atoms with E-state index in [-0.39, 0.29) is 0 Å². The van der Waals surface area contributed by atoms with Crippen molar-refractivity contribution in [3.05, 3.63) is 39.5 Å². The Hall–Kier alpha value is -1.59. The van der Waals surface area contributed by atoms with Gasteiger partial charge in [0.05, 0.1) is 27.0 Å². The summed E-state index contributed by atoms with van der Waals surface area (Å²) in [5.41, 5.74) is 4.18. The van der Waals surface area contributed by atoms with Crippen molar-refractivity contribution in [2.24, 2.45) is 0 Å². The van der Waals surface area contributed by atoms with E-state index in [9.17, 15) is 0 Å². The monoisotopic (exact) mass is 285 g/mol. The minimum Gasteiger partial charge on any atom is -0.262 e. The maximum absolute atomic E-state index is 4.56. The molecule has 94 valence electrons. The summed E-state index contributed by atoms with van der Waals surface area (Å²) in [6, 6.07) is 2.01. The summed E-state index contributed by atoms with van der Waals surface area (Å²) < 4.78 is 1.18. The number of thiazole rings is 2. The van der Waals surface area contributed by atoms with Crippen LogP contribution >= 0.6 is 22.7 Å². The molecular formula is C14H11N3S2. The first kappa shape index (κ1) is 11.3. The first-order valence-electron chi connectivity index (χ1n) is 6.22. The van der Waals surface area contributed by atoms with Gasteiger partial charge in [0.1, 0.15) is 10.5 Å². The standard InChI is InChI=1S/C14H11N3S2/c1-2-9(1)14-12(18-8-16-14)3-4-13-17-10-7-15-6-5-11(10)19-13/h3-9H,1-2H2/b4-3+. The van der Waals surface area contributed by atoms with E-state index in [1.165, 1.54) is 28.1 Å². The maximum atomic E-state index is 4.56. The molecule has 4 rings (SSSR count). The molecule has 1 aliphatic rings. The largest absolute Gasteiger partial charge is 0.262 e. The Labute approximate surface area is 118 Å².